The molecule has 5 heteroatoms. The van der Waals surface area contributed by atoms with Crippen LogP contribution >= 0.6 is 11.6 Å². The Morgan fingerprint density at radius 1 is 1.18 bits per heavy atom. The third-order valence-electron chi connectivity index (χ3n) is 5.19. The molecule has 0 spiro atoms. The first-order chi connectivity index (χ1) is 13.6. The van der Waals surface area contributed by atoms with Crippen molar-refractivity contribution < 1.29 is 14.3 Å². The van der Waals surface area contributed by atoms with E-state index in [1.54, 1.807) is 0 Å². The lowest BCUT2D eigenvalue weighted by atomic mass is 10.0. The van der Waals surface area contributed by atoms with Crippen LogP contribution in [0.4, 0.5) is 5.69 Å². The monoisotopic (exact) mass is 409 g/mol. The Kier molecular flexibility index (Phi) is 10.3. The van der Waals surface area contributed by atoms with Gasteiger partial charge in [0.05, 0.1) is 6.54 Å². The molecule has 0 aromatic heterocycles. The lowest BCUT2D eigenvalue weighted by molar-refractivity contribution is -0.129. The quantitative estimate of drug-likeness (QED) is 0.480. The van der Waals surface area contributed by atoms with Gasteiger partial charge in [0, 0.05) is 18.9 Å². The van der Waals surface area contributed by atoms with Crippen LogP contribution in [-0.4, -0.2) is 37.3 Å². The number of hydrogen-bond donors (Lipinski definition) is 0. The number of hydrogen-bond acceptors (Lipinski definition) is 3. The Balaban J connectivity index is 2.32. The van der Waals surface area contributed by atoms with E-state index in [-0.39, 0.29) is 5.91 Å². The minimum Gasteiger partial charge on any atom is -0.351 e. The Morgan fingerprint density at radius 3 is 2.50 bits per heavy atom. The lowest BCUT2D eigenvalue weighted by Gasteiger charge is -2.30. The highest BCUT2D eigenvalue weighted by Gasteiger charge is 2.28. The van der Waals surface area contributed by atoms with E-state index in [4.69, 9.17) is 21.1 Å². The zero-order valence-electron chi connectivity index (χ0n) is 17.7. The number of aryl methyl sites for hydroxylation is 2. The molecule has 1 aliphatic rings. The number of unbranched alkanes of at least 4 members (excludes halogenated alkanes) is 1. The first-order valence-electron chi connectivity index (χ1n) is 10.9. The number of carbonyl (C=O) groups excluding carboxylic acids is 1. The average molecular weight is 410 g/mol. The smallest absolute Gasteiger partial charge is 0.245 e. The van der Waals surface area contributed by atoms with Gasteiger partial charge in [-0.2, -0.15) is 0 Å². The van der Waals surface area contributed by atoms with Crippen LogP contribution in [0.1, 0.15) is 70.4 Å². The highest BCUT2D eigenvalue weighted by atomic mass is 35.5. The molecule has 0 aliphatic carbocycles. The molecule has 0 N–H and O–H groups in total. The zero-order chi connectivity index (χ0) is 20.4. The molecular weight excluding hydrogens is 374 g/mol. The van der Waals surface area contributed by atoms with Gasteiger partial charge in [-0.15, -0.1) is 11.6 Å². The first-order valence-corrected chi connectivity index (χ1v) is 11.3. The van der Waals surface area contributed by atoms with Gasteiger partial charge in [0.2, 0.25) is 5.91 Å². The summed E-state index contributed by atoms with van der Waals surface area (Å²) in [6.45, 7) is 8.16. The van der Waals surface area contributed by atoms with Gasteiger partial charge in [0.1, 0.15) is 5.38 Å². The van der Waals surface area contributed by atoms with Gasteiger partial charge >= 0.3 is 0 Å². The number of carbonyl (C=O) groups is 1. The maximum Gasteiger partial charge on any atom is 0.245 e. The molecule has 1 unspecified atom stereocenters. The summed E-state index contributed by atoms with van der Waals surface area (Å²) >= 11 is 6.52. The number of rotatable bonds is 10. The summed E-state index contributed by atoms with van der Waals surface area (Å²) in [5.74, 6) is -0.0480. The lowest BCUT2D eigenvalue weighted by Crippen LogP contribution is -2.43. The van der Waals surface area contributed by atoms with Crippen molar-refractivity contribution in [3.8, 4) is 0 Å². The van der Waals surface area contributed by atoms with Crippen molar-refractivity contribution in [3.63, 3.8) is 0 Å². The molecular formula is C23H36ClNO3. The Labute approximate surface area is 175 Å². The molecule has 1 saturated heterocycles. The highest BCUT2D eigenvalue weighted by molar-refractivity contribution is 6.32. The fourth-order valence-electron chi connectivity index (χ4n) is 3.51. The molecule has 28 heavy (non-hydrogen) atoms. The van der Waals surface area contributed by atoms with Crippen molar-refractivity contribution in [3.05, 3.63) is 29.3 Å². The summed E-state index contributed by atoms with van der Waals surface area (Å²) in [6.07, 6.45) is 7.18. The van der Waals surface area contributed by atoms with E-state index in [2.05, 4.69) is 39.0 Å². The molecule has 1 aromatic rings. The summed E-state index contributed by atoms with van der Waals surface area (Å²) in [4.78, 5) is 15.1. The van der Waals surface area contributed by atoms with E-state index in [0.29, 0.717) is 26.2 Å². The van der Waals surface area contributed by atoms with E-state index in [1.807, 2.05) is 4.90 Å². The third-order valence-corrected chi connectivity index (χ3v) is 5.59. The van der Waals surface area contributed by atoms with Crippen molar-refractivity contribution in [2.45, 2.75) is 83.8 Å². The van der Waals surface area contributed by atoms with Gasteiger partial charge in [0.25, 0.3) is 0 Å². The molecule has 2 rings (SSSR count). The number of ether oxygens (including phenoxy) is 2. The third kappa shape index (κ3) is 6.75. The predicted octanol–water partition coefficient (Wildman–Crippen LogP) is 5.49. The van der Waals surface area contributed by atoms with Crippen molar-refractivity contribution >= 4 is 23.2 Å². The summed E-state index contributed by atoms with van der Waals surface area (Å²) in [5.41, 5.74) is 3.43. The van der Waals surface area contributed by atoms with Crippen molar-refractivity contribution in [1.82, 2.24) is 0 Å². The number of halogens is 1. The fraction of sp³-hybridized carbons (Fsp3) is 0.696. The summed E-state index contributed by atoms with van der Waals surface area (Å²) in [7, 11) is 0. The van der Waals surface area contributed by atoms with E-state index in [1.165, 1.54) is 11.1 Å². The number of anilines is 1. The maximum atomic E-state index is 13.3. The molecule has 1 fully saturated rings. The van der Waals surface area contributed by atoms with Crippen LogP contribution in [0.15, 0.2) is 18.2 Å². The van der Waals surface area contributed by atoms with Gasteiger partial charge < -0.3 is 14.4 Å². The van der Waals surface area contributed by atoms with Crippen molar-refractivity contribution in [2.75, 3.05) is 24.7 Å². The van der Waals surface area contributed by atoms with Crippen LogP contribution in [0.25, 0.3) is 0 Å². The molecule has 1 amide bonds. The molecule has 4 nitrogen and oxygen atoms in total. The Morgan fingerprint density at radius 2 is 1.89 bits per heavy atom. The van der Waals surface area contributed by atoms with Gasteiger partial charge in [-0.1, -0.05) is 52.2 Å². The number of amides is 1. The Bertz CT molecular complexity index is 600. The first kappa shape index (κ1) is 23.2. The number of alkyl halides is 1. The van der Waals surface area contributed by atoms with Crippen LogP contribution < -0.4 is 4.90 Å². The minimum absolute atomic E-state index is 0.0480. The zero-order valence-corrected chi connectivity index (χ0v) is 18.5. The normalized spacial score (nSPS) is 16.6. The van der Waals surface area contributed by atoms with Crippen LogP contribution in [0, 0.1) is 0 Å². The molecule has 1 aromatic carbocycles. The van der Waals surface area contributed by atoms with E-state index >= 15 is 0 Å². The number of benzene rings is 1. The summed E-state index contributed by atoms with van der Waals surface area (Å²) < 4.78 is 11.7. The largest absolute Gasteiger partial charge is 0.351 e. The molecule has 1 aliphatic heterocycles. The van der Waals surface area contributed by atoms with Crippen LogP contribution in [0.5, 0.6) is 0 Å². The molecule has 0 radical (unpaired) electrons. The predicted molar refractivity (Wildman–Crippen MR) is 116 cm³/mol. The fourth-order valence-corrected chi connectivity index (χ4v) is 3.78. The second-order valence-electron chi connectivity index (χ2n) is 7.50. The molecule has 158 valence electrons. The van der Waals surface area contributed by atoms with Crippen LogP contribution in [0.2, 0.25) is 0 Å². The highest BCUT2D eigenvalue weighted by Crippen LogP contribution is 2.27. The minimum atomic E-state index is -0.522. The van der Waals surface area contributed by atoms with Crippen molar-refractivity contribution in [1.29, 1.82) is 0 Å². The maximum absolute atomic E-state index is 13.3. The SMILES string of the molecule is CCCCC(Cl)C(=O)N(CC1OCCCCO1)c1ccc(CC)cc1CCC. The van der Waals surface area contributed by atoms with Gasteiger partial charge in [-0.25, -0.2) is 0 Å². The molecule has 1 heterocycles. The van der Waals surface area contributed by atoms with E-state index in [9.17, 15) is 4.79 Å². The number of nitrogens with zero attached hydrogens (tertiary/aromatic N) is 1. The van der Waals surface area contributed by atoms with Crippen LogP contribution in [-0.2, 0) is 27.1 Å². The molecule has 0 bridgehead atoms. The standard InChI is InChI=1S/C23H36ClNO3/c1-4-7-11-20(24)23(26)25(17-22-27-14-8-9-15-28-22)21-13-12-18(6-3)16-19(21)10-5-2/h12-13,16,20,22H,4-11,14-15,17H2,1-3H3. The topological polar surface area (TPSA) is 38.8 Å². The van der Waals surface area contributed by atoms with Gasteiger partial charge in [-0.3, -0.25) is 4.79 Å². The summed E-state index contributed by atoms with van der Waals surface area (Å²) in [6, 6.07) is 6.41. The van der Waals surface area contributed by atoms with Gasteiger partial charge in [0.15, 0.2) is 6.29 Å². The second kappa shape index (κ2) is 12.5. The average Bonchev–Trinajstić information content (AvgIpc) is 2.98. The van der Waals surface area contributed by atoms with Gasteiger partial charge in [-0.05, 0) is 49.3 Å². The van der Waals surface area contributed by atoms with Crippen LogP contribution in [0.3, 0.4) is 0 Å². The van der Waals surface area contributed by atoms with E-state index < -0.39 is 11.7 Å². The molecule has 1 atom stereocenters. The molecule has 0 saturated carbocycles. The van der Waals surface area contributed by atoms with Crippen molar-refractivity contribution in [2.24, 2.45) is 0 Å². The summed E-state index contributed by atoms with van der Waals surface area (Å²) in [5, 5.41) is -0.522. The van der Waals surface area contributed by atoms with E-state index in [0.717, 1.165) is 50.6 Å². The Hall–Kier alpha value is -1.10. The second-order valence-corrected chi connectivity index (χ2v) is 8.03.